The third-order valence-electron chi connectivity index (χ3n) is 6.78. The molecule has 1 aromatic carbocycles. The summed E-state index contributed by atoms with van der Waals surface area (Å²) in [4.78, 5) is 37.0. The van der Waals surface area contributed by atoms with Gasteiger partial charge in [-0.3, -0.25) is 9.69 Å². The Labute approximate surface area is 221 Å². The van der Waals surface area contributed by atoms with E-state index in [-0.39, 0.29) is 5.91 Å². The van der Waals surface area contributed by atoms with Crippen molar-refractivity contribution < 1.29 is 14.3 Å². The zero-order valence-electron chi connectivity index (χ0n) is 21.7. The smallest absolute Gasteiger partial charge is 0.270 e. The molecule has 5 heterocycles. The number of nitrogens with zero attached hydrogens (tertiary/aromatic N) is 6. The number of fused-ring (bicyclic) bond motifs is 2. The van der Waals surface area contributed by atoms with Crippen LogP contribution >= 0.6 is 0 Å². The number of carbonyl (C=O) groups excluding carboxylic acids is 1. The van der Waals surface area contributed by atoms with E-state index >= 15 is 0 Å². The maximum Gasteiger partial charge on any atom is 0.270 e. The van der Waals surface area contributed by atoms with Gasteiger partial charge in [-0.05, 0) is 37.9 Å². The fourth-order valence-corrected chi connectivity index (χ4v) is 4.77. The Hall–Kier alpha value is -3.83. The first-order valence-corrected chi connectivity index (χ1v) is 13.1. The number of anilines is 1. The first-order valence-electron chi connectivity index (χ1n) is 13.1. The van der Waals surface area contributed by atoms with Crippen LogP contribution in [0.3, 0.4) is 0 Å². The van der Waals surface area contributed by atoms with Crippen molar-refractivity contribution >= 4 is 33.8 Å². The van der Waals surface area contributed by atoms with Crippen molar-refractivity contribution in [3.8, 4) is 5.75 Å². The SMILES string of the molecule is COc1cc(C(=O)NCCCN2CCOCC2)nc2ccccc12.c1nc(N2CCCC2)c2[nH]cnc2n1. The molecule has 11 nitrogen and oxygen atoms in total. The third kappa shape index (κ3) is 6.17. The number of imidazole rings is 1. The molecular weight excluding hydrogens is 484 g/mol. The second-order valence-corrected chi connectivity index (χ2v) is 9.28. The van der Waals surface area contributed by atoms with Crippen LogP contribution < -0.4 is 15.0 Å². The Bertz CT molecular complexity index is 1350. The van der Waals surface area contributed by atoms with Crippen LogP contribution in [0, 0.1) is 0 Å². The number of H-pyrrole nitrogens is 1. The normalized spacial score (nSPS) is 15.9. The van der Waals surface area contributed by atoms with Gasteiger partial charge in [-0.1, -0.05) is 12.1 Å². The molecule has 2 fully saturated rings. The number of aromatic amines is 1. The van der Waals surface area contributed by atoms with E-state index in [1.54, 1.807) is 25.8 Å². The van der Waals surface area contributed by atoms with Gasteiger partial charge in [0.15, 0.2) is 11.5 Å². The summed E-state index contributed by atoms with van der Waals surface area (Å²) in [5.41, 5.74) is 2.85. The number of rotatable bonds is 7. The van der Waals surface area contributed by atoms with E-state index in [1.807, 2.05) is 24.3 Å². The Morgan fingerprint density at radius 3 is 2.74 bits per heavy atom. The number of para-hydroxylation sites is 1. The molecule has 0 atom stereocenters. The van der Waals surface area contributed by atoms with Gasteiger partial charge in [-0.25, -0.2) is 19.9 Å². The Morgan fingerprint density at radius 1 is 1.11 bits per heavy atom. The molecule has 0 bridgehead atoms. The van der Waals surface area contributed by atoms with Gasteiger partial charge in [-0.2, -0.15) is 0 Å². The van der Waals surface area contributed by atoms with Gasteiger partial charge in [0.25, 0.3) is 5.91 Å². The highest BCUT2D eigenvalue weighted by atomic mass is 16.5. The first kappa shape index (κ1) is 25.8. The molecule has 3 aromatic heterocycles. The largest absolute Gasteiger partial charge is 0.496 e. The number of carbonyl (C=O) groups is 1. The van der Waals surface area contributed by atoms with Crippen molar-refractivity contribution in [2.75, 3.05) is 64.5 Å². The van der Waals surface area contributed by atoms with Crippen LogP contribution in [0.5, 0.6) is 5.75 Å². The fraction of sp³-hybridized carbons (Fsp3) is 0.444. The van der Waals surface area contributed by atoms with Crippen molar-refractivity contribution in [2.24, 2.45) is 0 Å². The first-order chi connectivity index (χ1) is 18.7. The average molecular weight is 519 g/mol. The van der Waals surface area contributed by atoms with Crippen LogP contribution in [0.15, 0.2) is 43.0 Å². The summed E-state index contributed by atoms with van der Waals surface area (Å²) in [7, 11) is 1.60. The second kappa shape index (κ2) is 12.6. The van der Waals surface area contributed by atoms with Gasteiger partial charge in [0.05, 0.1) is 32.2 Å². The highest BCUT2D eigenvalue weighted by Gasteiger charge is 2.17. The lowest BCUT2D eigenvalue weighted by Gasteiger charge is -2.26. The van der Waals surface area contributed by atoms with E-state index in [2.05, 4.69) is 40.0 Å². The zero-order valence-corrected chi connectivity index (χ0v) is 21.7. The van der Waals surface area contributed by atoms with E-state index in [9.17, 15) is 4.79 Å². The Morgan fingerprint density at radius 2 is 1.92 bits per heavy atom. The van der Waals surface area contributed by atoms with Crippen LogP contribution in [-0.4, -0.2) is 95.3 Å². The van der Waals surface area contributed by atoms with E-state index in [0.717, 1.165) is 80.2 Å². The number of methoxy groups -OCH3 is 1. The number of morpholine rings is 1. The van der Waals surface area contributed by atoms with E-state index in [0.29, 0.717) is 18.0 Å². The minimum Gasteiger partial charge on any atom is -0.496 e. The van der Waals surface area contributed by atoms with Crippen molar-refractivity contribution in [1.82, 2.24) is 35.1 Å². The highest BCUT2D eigenvalue weighted by molar-refractivity contribution is 5.97. The second-order valence-electron chi connectivity index (χ2n) is 9.28. The molecule has 4 aromatic rings. The van der Waals surface area contributed by atoms with Crippen molar-refractivity contribution in [3.63, 3.8) is 0 Å². The number of hydrogen-bond donors (Lipinski definition) is 2. The van der Waals surface area contributed by atoms with Crippen LogP contribution in [0.25, 0.3) is 22.1 Å². The lowest BCUT2D eigenvalue weighted by molar-refractivity contribution is 0.0374. The van der Waals surface area contributed by atoms with Gasteiger partial charge in [-0.15, -0.1) is 0 Å². The summed E-state index contributed by atoms with van der Waals surface area (Å²) in [6, 6.07) is 9.34. The molecule has 2 aliphatic rings. The molecule has 11 heteroatoms. The zero-order chi connectivity index (χ0) is 26.2. The molecule has 0 radical (unpaired) electrons. The van der Waals surface area contributed by atoms with Gasteiger partial charge in [0.1, 0.15) is 23.3 Å². The van der Waals surface area contributed by atoms with Crippen LogP contribution in [0.2, 0.25) is 0 Å². The summed E-state index contributed by atoms with van der Waals surface area (Å²) in [6.07, 6.45) is 6.66. The molecule has 6 rings (SSSR count). The molecule has 200 valence electrons. The van der Waals surface area contributed by atoms with Gasteiger partial charge in [0.2, 0.25) is 0 Å². The summed E-state index contributed by atoms with van der Waals surface area (Å²) in [5.74, 6) is 1.49. The van der Waals surface area contributed by atoms with Gasteiger partial charge >= 0.3 is 0 Å². The van der Waals surface area contributed by atoms with Crippen LogP contribution in [-0.2, 0) is 4.74 Å². The minimum atomic E-state index is -0.166. The van der Waals surface area contributed by atoms with E-state index < -0.39 is 0 Å². The number of amides is 1. The highest BCUT2D eigenvalue weighted by Crippen LogP contribution is 2.25. The predicted molar refractivity (Wildman–Crippen MR) is 146 cm³/mol. The molecular formula is C27H34N8O3. The van der Waals surface area contributed by atoms with Crippen LogP contribution in [0.4, 0.5) is 5.82 Å². The van der Waals surface area contributed by atoms with Crippen molar-refractivity contribution in [3.05, 3.63) is 48.7 Å². The number of aromatic nitrogens is 5. The summed E-state index contributed by atoms with van der Waals surface area (Å²) < 4.78 is 10.7. The number of pyridine rings is 1. The van der Waals surface area contributed by atoms with Gasteiger partial charge in [0, 0.05) is 44.2 Å². The van der Waals surface area contributed by atoms with Crippen molar-refractivity contribution in [2.45, 2.75) is 19.3 Å². The Kier molecular flexibility index (Phi) is 8.56. The molecule has 0 saturated carbocycles. The monoisotopic (exact) mass is 518 g/mol. The predicted octanol–water partition coefficient (Wildman–Crippen LogP) is 2.65. The molecule has 0 unspecified atom stereocenters. The molecule has 38 heavy (non-hydrogen) atoms. The number of nitrogens with one attached hydrogen (secondary N) is 2. The summed E-state index contributed by atoms with van der Waals surface area (Å²) >= 11 is 0. The molecule has 0 spiro atoms. The Balaban J connectivity index is 0.000000177. The van der Waals surface area contributed by atoms with Crippen molar-refractivity contribution in [1.29, 1.82) is 0 Å². The maximum atomic E-state index is 12.3. The average Bonchev–Trinajstić information content (AvgIpc) is 3.68. The quantitative estimate of drug-likeness (QED) is 0.356. The fourth-order valence-electron chi connectivity index (χ4n) is 4.77. The number of hydrogen-bond acceptors (Lipinski definition) is 9. The molecule has 2 saturated heterocycles. The number of benzene rings is 1. The lowest BCUT2D eigenvalue weighted by Crippen LogP contribution is -2.38. The third-order valence-corrected chi connectivity index (χ3v) is 6.78. The van der Waals surface area contributed by atoms with E-state index in [1.165, 1.54) is 12.8 Å². The minimum absolute atomic E-state index is 0.166. The van der Waals surface area contributed by atoms with Crippen LogP contribution in [0.1, 0.15) is 29.8 Å². The summed E-state index contributed by atoms with van der Waals surface area (Å²) in [6.45, 7) is 7.32. The molecule has 1 amide bonds. The standard InChI is InChI=1S/C18H23N3O3.C9H11N5/c1-23-17-13-16(20-15-6-3-2-5-14(15)17)18(22)19-7-4-8-21-9-11-24-12-10-21;1-2-4-14(3-1)9-7-8(11-5-10-7)12-6-13-9/h2-3,5-6,13H,4,7-12H2,1H3,(H,19,22);5-6H,1-4H2,(H,10,11,12,13). The number of ether oxygens (including phenoxy) is 2. The topological polar surface area (TPSA) is 121 Å². The molecule has 2 aliphatic heterocycles. The molecule has 0 aliphatic carbocycles. The molecule has 2 N–H and O–H groups in total. The van der Waals surface area contributed by atoms with E-state index in [4.69, 9.17) is 9.47 Å². The van der Waals surface area contributed by atoms with Gasteiger partial charge < -0.3 is 24.7 Å². The summed E-state index contributed by atoms with van der Waals surface area (Å²) in [5, 5.41) is 3.85. The maximum absolute atomic E-state index is 12.3. The lowest BCUT2D eigenvalue weighted by atomic mass is 10.1.